The third-order valence-electron chi connectivity index (χ3n) is 5.84. The minimum Gasteiger partial charge on any atom is -0.318 e. The number of hydrogen-bond acceptors (Lipinski definition) is 3. The highest BCUT2D eigenvalue weighted by molar-refractivity contribution is 6.39. The van der Waals surface area contributed by atoms with Gasteiger partial charge in [-0.3, -0.25) is 14.9 Å². The molecule has 6 heteroatoms. The Morgan fingerprint density at radius 3 is 2.25 bits per heavy atom. The van der Waals surface area contributed by atoms with Crippen LogP contribution >= 0.6 is 0 Å². The predicted octanol–water partition coefficient (Wildman–Crippen LogP) is 4.63. The molecular weight excluding hydrogens is 402 g/mol. The van der Waals surface area contributed by atoms with Crippen LogP contribution in [0.1, 0.15) is 35.0 Å². The van der Waals surface area contributed by atoms with Gasteiger partial charge in [-0.25, -0.2) is 9.69 Å². The number of aryl methyl sites for hydroxylation is 3. The molecule has 0 atom stereocenters. The highest BCUT2D eigenvalue weighted by Crippen LogP contribution is 2.28. The summed E-state index contributed by atoms with van der Waals surface area (Å²) in [6.07, 6.45) is 2.46. The van der Waals surface area contributed by atoms with Crippen LogP contribution in [-0.4, -0.2) is 22.4 Å². The van der Waals surface area contributed by atoms with E-state index in [1.165, 1.54) is 5.56 Å². The number of carbonyl (C=O) groups is 3. The zero-order valence-corrected chi connectivity index (χ0v) is 18.6. The van der Waals surface area contributed by atoms with Gasteiger partial charge in [0.05, 0.1) is 5.69 Å². The summed E-state index contributed by atoms with van der Waals surface area (Å²) in [6.45, 7) is 7.88. The maximum atomic E-state index is 13.2. The fourth-order valence-corrected chi connectivity index (χ4v) is 4.18. The molecule has 1 fully saturated rings. The summed E-state index contributed by atoms with van der Waals surface area (Å²) in [7, 11) is 0. The van der Waals surface area contributed by atoms with Crippen LogP contribution in [0.25, 0.3) is 11.8 Å². The van der Waals surface area contributed by atoms with E-state index in [1.54, 1.807) is 18.2 Å². The van der Waals surface area contributed by atoms with Gasteiger partial charge in [0.25, 0.3) is 11.8 Å². The Hall–Kier alpha value is -3.93. The first-order valence-electron chi connectivity index (χ1n) is 10.6. The van der Waals surface area contributed by atoms with Crippen molar-refractivity contribution in [1.82, 2.24) is 9.88 Å². The van der Waals surface area contributed by atoms with Gasteiger partial charge in [-0.1, -0.05) is 43.3 Å². The molecule has 3 aromatic rings. The molecule has 0 saturated carbocycles. The van der Waals surface area contributed by atoms with Crippen LogP contribution in [0.15, 0.2) is 60.2 Å². The number of amides is 4. The monoisotopic (exact) mass is 427 g/mol. The summed E-state index contributed by atoms with van der Waals surface area (Å²) in [6, 6.07) is 16.5. The van der Waals surface area contributed by atoms with E-state index in [2.05, 4.69) is 28.9 Å². The number of barbiturate groups is 1. The van der Waals surface area contributed by atoms with E-state index in [0.29, 0.717) is 5.69 Å². The van der Waals surface area contributed by atoms with Crippen molar-refractivity contribution in [2.45, 2.75) is 34.1 Å². The number of carbonyl (C=O) groups excluding carboxylic acids is 3. The lowest BCUT2D eigenvalue weighted by Crippen LogP contribution is -2.54. The number of nitrogens with zero attached hydrogens (tertiary/aromatic N) is 2. The van der Waals surface area contributed by atoms with Crippen LogP contribution in [0.4, 0.5) is 10.5 Å². The van der Waals surface area contributed by atoms with Gasteiger partial charge in [-0.2, -0.15) is 0 Å². The van der Waals surface area contributed by atoms with Crippen molar-refractivity contribution in [2.75, 3.05) is 4.90 Å². The maximum absolute atomic E-state index is 13.2. The standard InChI is InChI=1S/C26H25N3O3/c1-5-19-11-7-9-13-23(19)28-17(3)14-20(18(28)4)15-21-24(30)27-26(32)29(25(21)31)22-12-8-6-10-16(22)2/h6-15H,5H2,1-4H3,(H,27,30,32)/b21-15+. The molecule has 4 amide bonds. The molecule has 0 bridgehead atoms. The minimum absolute atomic E-state index is 0.0723. The molecule has 32 heavy (non-hydrogen) atoms. The van der Waals surface area contributed by atoms with E-state index in [-0.39, 0.29) is 5.57 Å². The Morgan fingerprint density at radius 1 is 0.906 bits per heavy atom. The number of aromatic nitrogens is 1. The second-order valence-electron chi connectivity index (χ2n) is 7.89. The Balaban J connectivity index is 1.80. The van der Waals surface area contributed by atoms with Crippen LogP contribution in [0, 0.1) is 20.8 Å². The molecule has 4 rings (SSSR count). The van der Waals surface area contributed by atoms with Gasteiger partial charge in [0.2, 0.25) is 0 Å². The van der Waals surface area contributed by atoms with Crippen molar-refractivity contribution in [3.8, 4) is 5.69 Å². The predicted molar refractivity (Wildman–Crippen MR) is 125 cm³/mol. The van der Waals surface area contributed by atoms with Gasteiger partial charge in [-0.05, 0) is 68.2 Å². The smallest absolute Gasteiger partial charge is 0.318 e. The second kappa shape index (κ2) is 8.30. The highest BCUT2D eigenvalue weighted by atomic mass is 16.2. The number of urea groups is 1. The second-order valence-corrected chi connectivity index (χ2v) is 7.89. The fourth-order valence-electron chi connectivity index (χ4n) is 4.18. The Labute approximate surface area is 187 Å². The minimum atomic E-state index is -0.742. The van der Waals surface area contributed by atoms with Gasteiger partial charge < -0.3 is 4.57 Å². The number of imide groups is 2. The van der Waals surface area contributed by atoms with E-state index in [1.807, 2.05) is 51.1 Å². The molecule has 0 radical (unpaired) electrons. The summed E-state index contributed by atoms with van der Waals surface area (Å²) >= 11 is 0. The van der Waals surface area contributed by atoms with E-state index in [0.717, 1.165) is 39.5 Å². The van der Waals surface area contributed by atoms with Crippen molar-refractivity contribution in [3.05, 3.63) is 88.2 Å². The molecule has 0 aliphatic carbocycles. The molecule has 6 nitrogen and oxygen atoms in total. The lowest BCUT2D eigenvalue weighted by Gasteiger charge is -2.27. The first-order chi connectivity index (χ1) is 15.3. The summed E-state index contributed by atoms with van der Waals surface area (Å²) in [5.41, 5.74) is 6.08. The number of hydrogen-bond donors (Lipinski definition) is 1. The SMILES string of the molecule is CCc1ccccc1-n1c(C)cc(/C=C2\C(=O)NC(=O)N(c3ccccc3C)C2=O)c1C. The molecule has 1 aliphatic rings. The molecule has 1 aromatic heterocycles. The first kappa shape index (κ1) is 21.3. The maximum Gasteiger partial charge on any atom is 0.335 e. The average Bonchev–Trinajstić information content (AvgIpc) is 3.05. The summed E-state index contributed by atoms with van der Waals surface area (Å²) in [5, 5.41) is 2.30. The fraction of sp³-hybridized carbons (Fsp3) is 0.192. The largest absolute Gasteiger partial charge is 0.335 e. The molecule has 1 aliphatic heterocycles. The third kappa shape index (κ3) is 3.54. The molecular formula is C26H25N3O3. The third-order valence-corrected chi connectivity index (χ3v) is 5.84. The average molecular weight is 428 g/mol. The molecule has 162 valence electrons. The zero-order chi connectivity index (χ0) is 23.0. The Bertz CT molecular complexity index is 1280. The van der Waals surface area contributed by atoms with E-state index in [4.69, 9.17) is 0 Å². The van der Waals surface area contributed by atoms with Crippen molar-refractivity contribution in [2.24, 2.45) is 0 Å². The summed E-state index contributed by atoms with van der Waals surface area (Å²) in [5.74, 6) is -1.32. The quantitative estimate of drug-likeness (QED) is 0.487. The lowest BCUT2D eigenvalue weighted by atomic mass is 10.1. The number of para-hydroxylation sites is 2. The van der Waals surface area contributed by atoms with Crippen LogP contribution in [-0.2, 0) is 16.0 Å². The molecule has 1 N–H and O–H groups in total. The summed E-state index contributed by atoms with van der Waals surface area (Å²) in [4.78, 5) is 39.4. The van der Waals surface area contributed by atoms with E-state index in [9.17, 15) is 14.4 Å². The number of rotatable bonds is 4. The molecule has 1 saturated heterocycles. The summed E-state index contributed by atoms with van der Waals surface area (Å²) < 4.78 is 2.13. The van der Waals surface area contributed by atoms with Crippen LogP contribution in [0.5, 0.6) is 0 Å². The highest BCUT2D eigenvalue weighted by Gasteiger charge is 2.37. The molecule has 2 aromatic carbocycles. The Kier molecular flexibility index (Phi) is 5.53. The number of anilines is 1. The zero-order valence-electron chi connectivity index (χ0n) is 18.6. The number of nitrogens with one attached hydrogen (secondary N) is 1. The van der Waals surface area contributed by atoms with Gasteiger partial charge in [0.1, 0.15) is 5.57 Å². The normalized spacial score (nSPS) is 15.4. The molecule has 0 unspecified atom stereocenters. The van der Waals surface area contributed by atoms with Gasteiger partial charge >= 0.3 is 6.03 Å². The van der Waals surface area contributed by atoms with Gasteiger partial charge in [0.15, 0.2) is 0 Å². The van der Waals surface area contributed by atoms with Crippen molar-refractivity contribution >= 4 is 29.6 Å². The van der Waals surface area contributed by atoms with Gasteiger partial charge in [0, 0.05) is 17.1 Å². The number of benzene rings is 2. The molecule has 0 spiro atoms. The van der Waals surface area contributed by atoms with Gasteiger partial charge in [-0.15, -0.1) is 0 Å². The van der Waals surface area contributed by atoms with Crippen LogP contribution in [0.3, 0.4) is 0 Å². The van der Waals surface area contributed by atoms with E-state index < -0.39 is 17.8 Å². The Morgan fingerprint density at radius 2 is 1.56 bits per heavy atom. The topological polar surface area (TPSA) is 71.4 Å². The van der Waals surface area contributed by atoms with Crippen LogP contribution < -0.4 is 10.2 Å². The van der Waals surface area contributed by atoms with E-state index >= 15 is 0 Å². The van der Waals surface area contributed by atoms with Crippen molar-refractivity contribution < 1.29 is 14.4 Å². The van der Waals surface area contributed by atoms with Crippen LogP contribution in [0.2, 0.25) is 0 Å². The molecule has 2 heterocycles. The van der Waals surface area contributed by atoms with Crippen molar-refractivity contribution in [1.29, 1.82) is 0 Å². The van der Waals surface area contributed by atoms with Crippen molar-refractivity contribution in [3.63, 3.8) is 0 Å². The first-order valence-corrected chi connectivity index (χ1v) is 10.6. The lowest BCUT2D eigenvalue weighted by molar-refractivity contribution is -0.122.